The molecule has 1 heteroatoms. The first-order valence-electron chi connectivity index (χ1n) is 4.20. The second kappa shape index (κ2) is 3.12. The van der Waals surface area contributed by atoms with Crippen LogP contribution < -0.4 is 0 Å². The van der Waals surface area contributed by atoms with Crippen molar-refractivity contribution in [3.8, 4) is 0 Å². The van der Waals surface area contributed by atoms with Gasteiger partial charge in [0.15, 0.2) is 0 Å². The zero-order valence-corrected chi connectivity index (χ0v) is 7.56. The fourth-order valence-corrected chi connectivity index (χ4v) is 1.74. The summed E-state index contributed by atoms with van der Waals surface area (Å²) in [7, 11) is 0. The third-order valence-electron chi connectivity index (χ3n) is 2.31. The van der Waals surface area contributed by atoms with Gasteiger partial charge in [0, 0.05) is 18.3 Å². The molecule has 1 saturated heterocycles. The summed E-state index contributed by atoms with van der Waals surface area (Å²) in [6.45, 7) is 13.3. The van der Waals surface area contributed by atoms with Crippen molar-refractivity contribution < 1.29 is 0 Å². The van der Waals surface area contributed by atoms with Crippen LogP contribution in [0.3, 0.4) is 0 Å². The van der Waals surface area contributed by atoms with Crippen LogP contribution in [-0.4, -0.2) is 17.5 Å². The Hall–Kier alpha value is -0.720. The van der Waals surface area contributed by atoms with E-state index in [2.05, 4.69) is 31.9 Å². The molecule has 0 bridgehead atoms. The zero-order valence-electron chi connectivity index (χ0n) is 7.56. The predicted octanol–water partition coefficient (Wildman–Crippen LogP) is 2.56. The maximum absolute atomic E-state index is 3.99. The first kappa shape index (κ1) is 8.38. The van der Waals surface area contributed by atoms with Gasteiger partial charge < -0.3 is 4.90 Å². The van der Waals surface area contributed by atoms with E-state index in [1.165, 1.54) is 24.1 Å². The van der Waals surface area contributed by atoms with Crippen LogP contribution in [0.1, 0.15) is 26.7 Å². The van der Waals surface area contributed by atoms with E-state index >= 15 is 0 Å². The minimum Gasteiger partial charge on any atom is -0.369 e. The quantitative estimate of drug-likeness (QED) is 0.548. The Kier molecular flexibility index (Phi) is 2.38. The average Bonchev–Trinajstić information content (AvgIpc) is 2.32. The maximum atomic E-state index is 3.99. The molecule has 1 aliphatic heterocycles. The Morgan fingerprint density at radius 3 is 2.36 bits per heavy atom. The van der Waals surface area contributed by atoms with Gasteiger partial charge in [-0.2, -0.15) is 0 Å². The lowest BCUT2D eigenvalue weighted by Gasteiger charge is -2.26. The molecule has 1 rings (SSSR count). The van der Waals surface area contributed by atoms with Crippen molar-refractivity contribution in [3.63, 3.8) is 0 Å². The maximum Gasteiger partial charge on any atom is 0.0494 e. The summed E-state index contributed by atoms with van der Waals surface area (Å²) in [6, 6.07) is 0.562. The van der Waals surface area contributed by atoms with Crippen molar-refractivity contribution in [2.45, 2.75) is 32.7 Å². The summed E-state index contributed by atoms with van der Waals surface area (Å²) >= 11 is 0. The fourth-order valence-electron chi connectivity index (χ4n) is 1.74. The summed E-state index contributed by atoms with van der Waals surface area (Å²) in [5.41, 5.74) is 2.45. The molecule has 1 fully saturated rings. The molecule has 0 saturated carbocycles. The molecule has 0 amide bonds. The van der Waals surface area contributed by atoms with Gasteiger partial charge in [-0.3, -0.25) is 0 Å². The second-order valence-corrected chi connectivity index (χ2v) is 3.43. The lowest BCUT2D eigenvalue weighted by molar-refractivity contribution is 0.357. The molecule has 1 nitrogen and oxygen atoms in total. The Balaban J connectivity index is 2.65. The smallest absolute Gasteiger partial charge is 0.0494 e. The number of nitrogens with zero attached hydrogens (tertiary/aromatic N) is 1. The van der Waals surface area contributed by atoms with Gasteiger partial charge in [-0.1, -0.05) is 18.7 Å². The first-order chi connectivity index (χ1) is 5.13. The molecule has 1 aliphatic rings. The lowest BCUT2D eigenvalue weighted by atomic mass is 10.1. The van der Waals surface area contributed by atoms with E-state index in [0.29, 0.717) is 6.04 Å². The minimum absolute atomic E-state index is 0.562. The number of rotatable bonds is 2. The van der Waals surface area contributed by atoms with Crippen LogP contribution in [0.15, 0.2) is 24.4 Å². The molecular formula is C10H17N. The predicted molar refractivity (Wildman–Crippen MR) is 49.4 cm³/mol. The number of hydrogen-bond donors (Lipinski definition) is 0. The van der Waals surface area contributed by atoms with E-state index in [1.54, 1.807) is 0 Å². The topological polar surface area (TPSA) is 3.24 Å². The molecule has 62 valence electrons. The van der Waals surface area contributed by atoms with Gasteiger partial charge in [0.1, 0.15) is 0 Å². The van der Waals surface area contributed by atoms with Crippen molar-refractivity contribution in [1.29, 1.82) is 0 Å². The molecule has 0 aromatic carbocycles. The third kappa shape index (κ3) is 1.65. The first-order valence-corrected chi connectivity index (χ1v) is 4.20. The molecule has 0 aliphatic carbocycles. The minimum atomic E-state index is 0.562. The summed E-state index contributed by atoms with van der Waals surface area (Å²) in [6.07, 6.45) is 2.53. The van der Waals surface area contributed by atoms with Crippen LogP contribution in [0.5, 0.6) is 0 Å². The summed E-state index contributed by atoms with van der Waals surface area (Å²) < 4.78 is 0. The molecule has 11 heavy (non-hydrogen) atoms. The molecule has 0 spiro atoms. The number of hydrogen-bond acceptors (Lipinski definition) is 1. The van der Waals surface area contributed by atoms with Crippen LogP contribution in [-0.2, 0) is 0 Å². The van der Waals surface area contributed by atoms with Crippen LogP contribution >= 0.6 is 0 Å². The average molecular weight is 151 g/mol. The van der Waals surface area contributed by atoms with Gasteiger partial charge in [-0.15, -0.1) is 0 Å². The van der Waals surface area contributed by atoms with Crippen molar-refractivity contribution in [2.75, 3.05) is 6.54 Å². The van der Waals surface area contributed by atoms with Gasteiger partial charge in [0.25, 0.3) is 0 Å². The van der Waals surface area contributed by atoms with E-state index < -0.39 is 0 Å². The molecule has 0 aromatic heterocycles. The second-order valence-electron chi connectivity index (χ2n) is 3.43. The van der Waals surface area contributed by atoms with Crippen molar-refractivity contribution in [2.24, 2.45) is 0 Å². The van der Waals surface area contributed by atoms with Crippen LogP contribution in [0.4, 0.5) is 0 Å². The van der Waals surface area contributed by atoms with Crippen molar-refractivity contribution >= 4 is 0 Å². The number of allylic oxidation sites excluding steroid dienone is 1. The van der Waals surface area contributed by atoms with Crippen molar-refractivity contribution in [3.05, 3.63) is 24.4 Å². The molecule has 1 heterocycles. The Bertz CT molecular complexity index is 161. The van der Waals surface area contributed by atoms with Crippen LogP contribution in [0, 0.1) is 0 Å². The SMILES string of the molecule is C=C(C)C1CCCN1C(=C)C. The third-order valence-corrected chi connectivity index (χ3v) is 2.31. The highest BCUT2D eigenvalue weighted by molar-refractivity contribution is 5.10. The standard InChI is InChI=1S/C10H17N/c1-8(2)10-6-5-7-11(10)9(3)4/h10H,1,3,5-7H2,2,4H3. The Labute approximate surface area is 69.4 Å². The normalized spacial score (nSPS) is 23.8. The fraction of sp³-hybridized carbons (Fsp3) is 0.600. The summed E-state index contributed by atoms with van der Waals surface area (Å²) in [5, 5.41) is 0. The van der Waals surface area contributed by atoms with E-state index in [4.69, 9.17) is 0 Å². The molecule has 0 aromatic rings. The highest BCUT2D eigenvalue weighted by atomic mass is 15.2. The molecule has 0 radical (unpaired) electrons. The zero-order chi connectivity index (χ0) is 8.43. The van der Waals surface area contributed by atoms with Crippen LogP contribution in [0.25, 0.3) is 0 Å². The molecular weight excluding hydrogens is 134 g/mol. The van der Waals surface area contributed by atoms with Gasteiger partial charge in [-0.25, -0.2) is 0 Å². The Morgan fingerprint density at radius 1 is 1.36 bits per heavy atom. The van der Waals surface area contributed by atoms with E-state index in [9.17, 15) is 0 Å². The van der Waals surface area contributed by atoms with Gasteiger partial charge in [0.05, 0.1) is 0 Å². The molecule has 1 unspecified atom stereocenters. The van der Waals surface area contributed by atoms with Gasteiger partial charge >= 0.3 is 0 Å². The summed E-state index contributed by atoms with van der Waals surface area (Å²) in [4.78, 5) is 2.35. The van der Waals surface area contributed by atoms with Crippen molar-refractivity contribution in [1.82, 2.24) is 4.90 Å². The van der Waals surface area contributed by atoms with E-state index in [1.807, 2.05) is 0 Å². The van der Waals surface area contributed by atoms with E-state index in [-0.39, 0.29) is 0 Å². The van der Waals surface area contributed by atoms with Gasteiger partial charge in [0.2, 0.25) is 0 Å². The Morgan fingerprint density at radius 2 is 2.00 bits per heavy atom. The largest absolute Gasteiger partial charge is 0.369 e. The monoisotopic (exact) mass is 151 g/mol. The van der Waals surface area contributed by atoms with Crippen LogP contribution in [0.2, 0.25) is 0 Å². The molecule has 1 atom stereocenters. The van der Waals surface area contributed by atoms with E-state index in [0.717, 1.165) is 6.54 Å². The highest BCUT2D eigenvalue weighted by Gasteiger charge is 2.23. The summed E-state index contributed by atoms with van der Waals surface area (Å²) in [5.74, 6) is 0. The van der Waals surface area contributed by atoms with Gasteiger partial charge in [-0.05, 0) is 26.7 Å². The number of likely N-dealkylation sites (tertiary alicyclic amines) is 1. The lowest BCUT2D eigenvalue weighted by Crippen LogP contribution is -2.27. The molecule has 0 N–H and O–H groups in total. The highest BCUT2D eigenvalue weighted by Crippen LogP contribution is 2.25.